The van der Waals surface area contributed by atoms with Crippen LogP contribution >= 0.6 is 11.6 Å². The smallest absolute Gasteiger partial charge is 0.100 e. The Morgan fingerprint density at radius 2 is 1.61 bits per heavy atom. The van der Waals surface area contributed by atoms with Crippen LogP contribution in [0.15, 0.2) is 0 Å². The molecule has 0 bridgehead atoms. The first kappa shape index (κ1) is 18.0. The van der Waals surface area contributed by atoms with Gasteiger partial charge >= 0.3 is 0 Å². The summed E-state index contributed by atoms with van der Waals surface area (Å²) in [7, 11) is 0. The topological polar surface area (TPSA) is 29.5 Å². The number of hydrogen-bond donors (Lipinski definition) is 1. The molecule has 0 aromatic rings. The van der Waals surface area contributed by atoms with Gasteiger partial charge in [0.25, 0.3) is 0 Å². The van der Waals surface area contributed by atoms with Crippen molar-refractivity contribution in [2.45, 2.75) is 96.9 Å². The van der Waals surface area contributed by atoms with Gasteiger partial charge < -0.3 is 9.84 Å². The van der Waals surface area contributed by atoms with Crippen molar-refractivity contribution in [1.82, 2.24) is 0 Å². The molecule has 0 unspecified atom stereocenters. The molecular formula is C20H35ClO2. The van der Waals surface area contributed by atoms with E-state index in [-0.39, 0.29) is 11.7 Å². The van der Waals surface area contributed by atoms with Crippen LogP contribution in [-0.4, -0.2) is 28.3 Å². The van der Waals surface area contributed by atoms with Gasteiger partial charge in [-0.1, -0.05) is 27.2 Å². The van der Waals surface area contributed by atoms with Crippen LogP contribution < -0.4 is 0 Å². The van der Waals surface area contributed by atoms with E-state index in [0.29, 0.717) is 22.6 Å². The molecule has 2 aliphatic carbocycles. The van der Waals surface area contributed by atoms with E-state index in [0.717, 1.165) is 25.2 Å². The van der Waals surface area contributed by atoms with Gasteiger partial charge in [0, 0.05) is 0 Å². The molecule has 3 rings (SSSR count). The van der Waals surface area contributed by atoms with Crippen molar-refractivity contribution >= 4 is 11.6 Å². The first-order valence-electron chi connectivity index (χ1n) is 9.51. The molecule has 23 heavy (non-hydrogen) atoms. The standard InChI is InChI=1S/C20H35ClO2/c1-17(2)9-6-10-18(3)14(17)8-12-20(5)15(18)7-11-19(4,22)16(13-21)23-20/h14-16,22H,6-13H2,1-5H3/t14-,15+,16+,18-,19+,20+/m0/s1. The predicted octanol–water partition coefficient (Wildman–Crippen LogP) is 5.16. The summed E-state index contributed by atoms with van der Waals surface area (Å²) < 4.78 is 6.57. The number of alkyl halides is 1. The number of aliphatic hydroxyl groups is 1. The lowest BCUT2D eigenvalue weighted by molar-refractivity contribution is -0.214. The third kappa shape index (κ3) is 2.77. The summed E-state index contributed by atoms with van der Waals surface area (Å²) in [6, 6.07) is 0. The minimum Gasteiger partial charge on any atom is -0.387 e. The van der Waals surface area contributed by atoms with Gasteiger partial charge in [-0.05, 0) is 75.0 Å². The number of ether oxygens (including phenoxy) is 1. The highest BCUT2D eigenvalue weighted by Gasteiger charge is 2.60. The van der Waals surface area contributed by atoms with Gasteiger partial charge in [0.15, 0.2) is 0 Å². The summed E-state index contributed by atoms with van der Waals surface area (Å²) in [5.74, 6) is 1.66. The molecule has 2 saturated carbocycles. The fraction of sp³-hybridized carbons (Fsp3) is 1.00. The van der Waals surface area contributed by atoms with Gasteiger partial charge in [-0.3, -0.25) is 0 Å². The molecule has 0 radical (unpaired) electrons. The maximum atomic E-state index is 10.8. The number of hydrogen-bond acceptors (Lipinski definition) is 2. The van der Waals surface area contributed by atoms with Gasteiger partial charge in [0.2, 0.25) is 0 Å². The lowest BCUT2D eigenvalue weighted by atomic mass is 9.45. The molecule has 0 aromatic carbocycles. The SMILES string of the molecule is CC1(C)CCC[C@]2(C)[C@H]3CC[C@@](C)(O)[C@@H](CCl)O[C@]3(C)CC[C@@H]12. The summed E-state index contributed by atoms with van der Waals surface area (Å²) in [6.45, 7) is 11.6. The lowest BCUT2D eigenvalue weighted by Gasteiger charge is -2.62. The fourth-order valence-corrected chi connectivity index (χ4v) is 7.02. The molecule has 3 fully saturated rings. The van der Waals surface area contributed by atoms with Crippen molar-refractivity contribution in [3.05, 3.63) is 0 Å². The van der Waals surface area contributed by atoms with E-state index in [2.05, 4.69) is 27.7 Å². The molecule has 1 saturated heterocycles. The van der Waals surface area contributed by atoms with Crippen LogP contribution in [0.1, 0.15) is 79.6 Å². The first-order valence-corrected chi connectivity index (χ1v) is 10.0. The van der Waals surface area contributed by atoms with Crippen LogP contribution in [0.25, 0.3) is 0 Å². The summed E-state index contributed by atoms with van der Waals surface area (Å²) in [5.41, 5.74) is -0.196. The quantitative estimate of drug-likeness (QED) is 0.667. The highest BCUT2D eigenvalue weighted by Crippen LogP contribution is 2.64. The van der Waals surface area contributed by atoms with Gasteiger partial charge in [0.05, 0.1) is 17.1 Å². The van der Waals surface area contributed by atoms with E-state index in [1.165, 1.54) is 25.7 Å². The monoisotopic (exact) mass is 342 g/mol. The van der Waals surface area contributed by atoms with Gasteiger partial charge in [0.1, 0.15) is 6.10 Å². The Morgan fingerprint density at radius 1 is 0.957 bits per heavy atom. The lowest BCUT2D eigenvalue weighted by Crippen LogP contribution is -2.58. The Kier molecular flexibility index (Phi) is 4.39. The normalized spacial score (nSPS) is 53.1. The minimum absolute atomic E-state index is 0.140. The minimum atomic E-state index is -0.807. The van der Waals surface area contributed by atoms with Crippen LogP contribution in [-0.2, 0) is 4.74 Å². The molecule has 3 heteroatoms. The second-order valence-electron chi connectivity index (χ2n) is 9.96. The summed E-state index contributed by atoms with van der Waals surface area (Å²) in [4.78, 5) is 0. The maximum Gasteiger partial charge on any atom is 0.100 e. The average molecular weight is 343 g/mol. The third-order valence-corrected chi connectivity index (χ3v) is 8.20. The Labute approximate surface area is 147 Å². The van der Waals surface area contributed by atoms with Crippen molar-refractivity contribution in [1.29, 1.82) is 0 Å². The largest absolute Gasteiger partial charge is 0.387 e. The average Bonchev–Trinajstić information content (AvgIpc) is 2.52. The van der Waals surface area contributed by atoms with E-state index in [4.69, 9.17) is 16.3 Å². The fourth-order valence-electron chi connectivity index (χ4n) is 6.63. The van der Waals surface area contributed by atoms with Gasteiger partial charge in [-0.15, -0.1) is 11.6 Å². The van der Waals surface area contributed by atoms with Crippen LogP contribution in [0, 0.1) is 22.7 Å². The van der Waals surface area contributed by atoms with Crippen LogP contribution in [0.3, 0.4) is 0 Å². The zero-order chi connectivity index (χ0) is 17.1. The number of halogens is 1. The number of rotatable bonds is 1. The predicted molar refractivity (Wildman–Crippen MR) is 95.8 cm³/mol. The first-order chi connectivity index (χ1) is 10.6. The van der Waals surface area contributed by atoms with E-state index >= 15 is 0 Å². The molecule has 3 aliphatic rings. The second-order valence-corrected chi connectivity index (χ2v) is 10.3. The zero-order valence-corrected chi connectivity index (χ0v) is 16.4. The Hall–Kier alpha value is 0.210. The van der Waals surface area contributed by atoms with Gasteiger partial charge in [-0.25, -0.2) is 0 Å². The van der Waals surface area contributed by atoms with Gasteiger partial charge in [-0.2, -0.15) is 0 Å². The van der Waals surface area contributed by atoms with Crippen LogP contribution in [0.5, 0.6) is 0 Å². The molecular weight excluding hydrogens is 308 g/mol. The molecule has 1 heterocycles. The van der Waals surface area contributed by atoms with Crippen molar-refractivity contribution in [3.8, 4) is 0 Å². The Bertz CT molecular complexity index is 461. The van der Waals surface area contributed by atoms with E-state index in [9.17, 15) is 5.11 Å². The van der Waals surface area contributed by atoms with Crippen molar-refractivity contribution in [2.24, 2.45) is 22.7 Å². The summed E-state index contributed by atoms with van der Waals surface area (Å²) in [6.07, 6.45) is 7.92. The molecule has 2 nitrogen and oxygen atoms in total. The molecule has 6 atom stereocenters. The molecule has 0 amide bonds. The highest BCUT2D eigenvalue weighted by molar-refractivity contribution is 6.18. The number of fused-ring (bicyclic) bond motifs is 3. The van der Waals surface area contributed by atoms with E-state index in [1.54, 1.807) is 0 Å². The summed E-state index contributed by atoms with van der Waals surface area (Å²) in [5, 5.41) is 10.8. The van der Waals surface area contributed by atoms with Crippen molar-refractivity contribution < 1.29 is 9.84 Å². The summed E-state index contributed by atoms with van der Waals surface area (Å²) >= 11 is 6.16. The zero-order valence-electron chi connectivity index (χ0n) is 15.6. The van der Waals surface area contributed by atoms with Crippen molar-refractivity contribution in [3.63, 3.8) is 0 Å². The Morgan fingerprint density at radius 3 is 2.26 bits per heavy atom. The molecule has 1 aliphatic heterocycles. The molecule has 0 spiro atoms. The van der Waals surface area contributed by atoms with E-state index < -0.39 is 5.60 Å². The third-order valence-electron chi connectivity index (χ3n) is 7.92. The second kappa shape index (κ2) is 5.61. The Balaban J connectivity index is 1.98. The highest BCUT2D eigenvalue weighted by atomic mass is 35.5. The van der Waals surface area contributed by atoms with Crippen molar-refractivity contribution in [2.75, 3.05) is 5.88 Å². The van der Waals surface area contributed by atoms with Crippen LogP contribution in [0.4, 0.5) is 0 Å². The van der Waals surface area contributed by atoms with E-state index in [1.807, 2.05) is 6.92 Å². The molecule has 1 N–H and O–H groups in total. The molecule has 134 valence electrons. The molecule has 0 aromatic heterocycles. The van der Waals surface area contributed by atoms with Crippen LogP contribution in [0.2, 0.25) is 0 Å². The maximum absolute atomic E-state index is 10.8.